The van der Waals surface area contributed by atoms with E-state index in [2.05, 4.69) is 0 Å². The monoisotopic (exact) mass is 467 g/mol. The molecule has 31 heavy (non-hydrogen) atoms. The van der Waals surface area contributed by atoms with Gasteiger partial charge in [-0.2, -0.15) is 4.31 Å². The Morgan fingerprint density at radius 3 is 2.58 bits per heavy atom. The molecule has 4 aliphatic rings. The SMILES string of the molecule is C[C@]12CCC(=O)N1[C@H](C(=O)N1CCN(S(=O)(=O)c3ccc4c(c3)OCCO4)CC1)CS2. The molecule has 0 N–H and O–H groups in total. The summed E-state index contributed by atoms with van der Waals surface area (Å²) in [7, 11) is -3.71. The Labute approximate surface area is 185 Å². The Hall–Kier alpha value is -1.98. The van der Waals surface area contributed by atoms with Gasteiger partial charge in [-0.3, -0.25) is 9.59 Å². The summed E-state index contributed by atoms with van der Waals surface area (Å²) in [4.78, 5) is 28.8. The van der Waals surface area contributed by atoms with E-state index < -0.39 is 16.1 Å². The molecular weight excluding hydrogens is 442 g/mol. The van der Waals surface area contributed by atoms with Gasteiger partial charge in [-0.1, -0.05) is 0 Å². The Balaban J connectivity index is 1.26. The number of hydrogen-bond donors (Lipinski definition) is 0. The molecule has 3 fully saturated rings. The number of carbonyl (C=O) groups excluding carboxylic acids is 2. The molecule has 4 aliphatic heterocycles. The first-order valence-corrected chi connectivity index (χ1v) is 12.9. The first kappa shape index (κ1) is 20.9. The molecule has 1 aromatic rings. The van der Waals surface area contributed by atoms with E-state index in [1.54, 1.807) is 27.6 Å². The second-order valence-electron chi connectivity index (χ2n) is 8.30. The summed E-state index contributed by atoms with van der Waals surface area (Å²) < 4.78 is 38.6. The van der Waals surface area contributed by atoms with E-state index in [4.69, 9.17) is 9.47 Å². The van der Waals surface area contributed by atoms with Crippen LogP contribution in [-0.4, -0.2) is 90.4 Å². The van der Waals surface area contributed by atoms with Crippen LogP contribution < -0.4 is 9.47 Å². The fraction of sp³-hybridized carbons (Fsp3) is 0.600. The number of fused-ring (bicyclic) bond motifs is 2. The predicted octanol–water partition coefficient (Wildman–Crippen LogP) is 0.745. The molecule has 0 unspecified atom stereocenters. The minimum Gasteiger partial charge on any atom is -0.486 e. The van der Waals surface area contributed by atoms with E-state index in [-0.39, 0.29) is 34.7 Å². The Morgan fingerprint density at radius 1 is 1.13 bits per heavy atom. The Kier molecular flexibility index (Phi) is 5.10. The topological polar surface area (TPSA) is 96.5 Å². The second kappa shape index (κ2) is 7.56. The lowest BCUT2D eigenvalue weighted by molar-refractivity contribution is -0.144. The fourth-order valence-corrected chi connectivity index (χ4v) is 7.56. The first-order chi connectivity index (χ1) is 14.8. The summed E-state index contributed by atoms with van der Waals surface area (Å²) in [5.74, 6) is 1.52. The Morgan fingerprint density at radius 2 is 1.84 bits per heavy atom. The van der Waals surface area contributed by atoms with Gasteiger partial charge in [0.2, 0.25) is 21.8 Å². The normalized spacial score (nSPS) is 28.7. The maximum absolute atomic E-state index is 13.1. The molecule has 9 nitrogen and oxygen atoms in total. The highest BCUT2D eigenvalue weighted by Gasteiger charge is 2.53. The summed E-state index contributed by atoms with van der Waals surface area (Å²) >= 11 is 1.66. The molecule has 0 radical (unpaired) electrons. The van der Waals surface area contributed by atoms with Crippen molar-refractivity contribution in [3.63, 3.8) is 0 Å². The lowest BCUT2D eigenvalue weighted by atomic mass is 10.2. The van der Waals surface area contributed by atoms with E-state index in [9.17, 15) is 18.0 Å². The number of ether oxygens (including phenoxy) is 2. The molecule has 3 saturated heterocycles. The van der Waals surface area contributed by atoms with Gasteiger partial charge in [0.25, 0.3) is 0 Å². The lowest BCUT2D eigenvalue weighted by Crippen LogP contribution is -2.56. The van der Waals surface area contributed by atoms with E-state index in [1.807, 2.05) is 6.92 Å². The van der Waals surface area contributed by atoms with Crippen LogP contribution in [0.2, 0.25) is 0 Å². The van der Waals surface area contributed by atoms with Gasteiger partial charge in [0, 0.05) is 44.4 Å². The molecule has 4 heterocycles. The number of carbonyl (C=O) groups is 2. The van der Waals surface area contributed by atoms with Crippen LogP contribution in [0.4, 0.5) is 0 Å². The highest BCUT2D eigenvalue weighted by atomic mass is 32.2. The summed E-state index contributed by atoms with van der Waals surface area (Å²) in [5, 5.41) is 0. The largest absolute Gasteiger partial charge is 0.486 e. The third-order valence-electron chi connectivity index (χ3n) is 6.43. The summed E-state index contributed by atoms with van der Waals surface area (Å²) in [6.45, 7) is 3.89. The van der Waals surface area contributed by atoms with Crippen LogP contribution in [0, 0.1) is 0 Å². The molecule has 0 aliphatic carbocycles. The van der Waals surface area contributed by atoms with Gasteiger partial charge < -0.3 is 19.3 Å². The smallest absolute Gasteiger partial charge is 0.246 e. The van der Waals surface area contributed by atoms with Crippen LogP contribution in [0.25, 0.3) is 0 Å². The number of amides is 2. The Bertz CT molecular complexity index is 1020. The van der Waals surface area contributed by atoms with Crippen molar-refractivity contribution in [3.8, 4) is 11.5 Å². The fourth-order valence-electron chi connectivity index (χ4n) is 4.70. The first-order valence-electron chi connectivity index (χ1n) is 10.4. The van der Waals surface area contributed by atoms with Crippen molar-refractivity contribution >= 4 is 33.6 Å². The van der Waals surface area contributed by atoms with Gasteiger partial charge in [0.15, 0.2) is 11.5 Å². The van der Waals surface area contributed by atoms with Crippen LogP contribution in [0.1, 0.15) is 19.8 Å². The summed E-state index contributed by atoms with van der Waals surface area (Å²) in [6.07, 6.45) is 1.25. The van der Waals surface area contributed by atoms with Crippen molar-refractivity contribution < 1.29 is 27.5 Å². The third-order valence-corrected chi connectivity index (χ3v) is 9.83. The van der Waals surface area contributed by atoms with Gasteiger partial charge in [-0.15, -0.1) is 11.8 Å². The zero-order chi connectivity index (χ0) is 21.8. The molecule has 0 bridgehead atoms. The predicted molar refractivity (Wildman–Crippen MR) is 114 cm³/mol. The van der Waals surface area contributed by atoms with Crippen LogP contribution in [0.5, 0.6) is 11.5 Å². The number of rotatable bonds is 3. The van der Waals surface area contributed by atoms with Gasteiger partial charge in [-0.05, 0) is 25.5 Å². The third kappa shape index (κ3) is 3.46. The average Bonchev–Trinajstić information content (AvgIpc) is 3.28. The minimum atomic E-state index is -3.71. The maximum atomic E-state index is 13.1. The van der Waals surface area contributed by atoms with Gasteiger partial charge in [-0.25, -0.2) is 8.42 Å². The van der Waals surface area contributed by atoms with Crippen LogP contribution in [0.15, 0.2) is 23.1 Å². The lowest BCUT2D eigenvalue weighted by Gasteiger charge is -2.37. The summed E-state index contributed by atoms with van der Waals surface area (Å²) in [5.41, 5.74) is 0. The zero-order valence-corrected chi connectivity index (χ0v) is 18.9. The van der Waals surface area contributed by atoms with Crippen molar-refractivity contribution in [1.82, 2.24) is 14.1 Å². The van der Waals surface area contributed by atoms with Crippen LogP contribution in [0.3, 0.4) is 0 Å². The van der Waals surface area contributed by atoms with Gasteiger partial charge in [0.05, 0.1) is 9.77 Å². The highest BCUT2D eigenvalue weighted by Crippen LogP contribution is 2.47. The van der Waals surface area contributed by atoms with Gasteiger partial charge in [0.1, 0.15) is 19.3 Å². The maximum Gasteiger partial charge on any atom is 0.246 e. The molecular formula is C20H25N3O6S2. The van der Waals surface area contributed by atoms with Crippen molar-refractivity contribution in [2.45, 2.75) is 35.6 Å². The second-order valence-corrected chi connectivity index (χ2v) is 11.7. The van der Waals surface area contributed by atoms with E-state index >= 15 is 0 Å². The number of thioether (sulfide) groups is 1. The van der Waals surface area contributed by atoms with E-state index in [1.165, 1.54) is 16.4 Å². The van der Waals surface area contributed by atoms with Crippen LogP contribution >= 0.6 is 11.8 Å². The van der Waals surface area contributed by atoms with Crippen molar-refractivity contribution in [3.05, 3.63) is 18.2 Å². The molecule has 0 aromatic heterocycles. The number of piperazine rings is 1. The van der Waals surface area contributed by atoms with Gasteiger partial charge >= 0.3 is 0 Å². The minimum absolute atomic E-state index is 0.0330. The average molecular weight is 468 g/mol. The van der Waals surface area contributed by atoms with Crippen molar-refractivity contribution in [1.29, 1.82) is 0 Å². The zero-order valence-electron chi connectivity index (χ0n) is 17.3. The summed E-state index contributed by atoms with van der Waals surface area (Å²) in [6, 6.07) is 4.18. The quantitative estimate of drug-likeness (QED) is 0.647. The molecule has 2 amide bonds. The van der Waals surface area contributed by atoms with E-state index in [0.29, 0.717) is 50.0 Å². The van der Waals surface area contributed by atoms with Crippen molar-refractivity contribution in [2.75, 3.05) is 45.1 Å². The molecule has 11 heteroatoms. The standard InChI is InChI=1S/C20H25N3O6S2/c1-20-5-4-18(24)23(20)15(13-30-20)19(25)21-6-8-22(9-7-21)31(26,27)14-2-3-16-17(12-14)29-11-10-28-16/h2-3,12,15H,4-11,13H2,1H3/t15-,20-/m0/s1. The molecule has 2 atom stereocenters. The van der Waals surface area contributed by atoms with E-state index in [0.717, 1.165) is 6.42 Å². The number of sulfonamides is 1. The molecule has 0 saturated carbocycles. The number of hydrogen-bond acceptors (Lipinski definition) is 7. The molecule has 168 valence electrons. The number of nitrogens with zero attached hydrogens (tertiary/aromatic N) is 3. The van der Waals surface area contributed by atoms with Crippen LogP contribution in [-0.2, 0) is 19.6 Å². The highest BCUT2D eigenvalue weighted by molar-refractivity contribution is 8.01. The molecule has 1 aromatic carbocycles. The molecule has 0 spiro atoms. The molecule has 5 rings (SSSR count). The van der Waals surface area contributed by atoms with Crippen molar-refractivity contribution in [2.24, 2.45) is 0 Å². The number of benzene rings is 1.